The van der Waals surface area contributed by atoms with Crippen molar-refractivity contribution in [2.45, 2.75) is 19.9 Å². The van der Waals surface area contributed by atoms with Gasteiger partial charge in [0.1, 0.15) is 10.6 Å². The predicted octanol–water partition coefficient (Wildman–Crippen LogP) is 1.51. The number of hydrogen-bond donors (Lipinski definition) is 2. The molecular formula is C10H17N3O2S. The Morgan fingerprint density at radius 1 is 1.62 bits per heavy atom. The maximum Gasteiger partial charge on any atom is 0.340 e. The number of nitrogens with zero attached hydrogens (tertiary/aromatic N) is 2. The van der Waals surface area contributed by atoms with Crippen LogP contribution in [-0.4, -0.2) is 47.0 Å². The molecule has 5 nitrogen and oxygen atoms in total. The summed E-state index contributed by atoms with van der Waals surface area (Å²) in [5.74, 6) is -0.925. The summed E-state index contributed by atoms with van der Waals surface area (Å²) in [4.78, 5) is 13.1. The first kappa shape index (κ1) is 12.9. The lowest BCUT2D eigenvalue weighted by Crippen LogP contribution is -2.29. The summed E-state index contributed by atoms with van der Waals surface area (Å²) in [5, 5.41) is 12.9. The van der Waals surface area contributed by atoms with Crippen LogP contribution in [0.4, 0.5) is 5.00 Å². The summed E-state index contributed by atoms with van der Waals surface area (Å²) in [6.07, 6.45) is 0. The van der Waals surface area contributed by atoms with Crippen molar-refractivity contribution in [3.8, 4) is 0 Å². The van der Waals surface area contributed by atoms with E-state index in [2.05, 4.69) is 9.69 Å². The highest BCUT2D eigenvalue weighted by Gasteiger charge is 2.18. The van der Waals surface area contributed by atoms with E-state index in [0.717, 1.165) is 6.54 Å². The quantitative estimate of drug-likeness (QED) is 0.820. The van der Waals surface area contributed by atoms with Crippen molar-refractivity contribution in [3.05, 3.63) is 11.3 Å². The lowest BCUT2D eigenvalue weighted by atomic mass is 10.2. The first-order valence-electron chi connectivity index (χ1n) is 5.02. The van der Waals surface area contributed by atoms with Gasteiger partial charge in [-0.2, -0.15) is 4.37 Å². The largest absolute Gasteiger partial charge is 0.478 e. The van der Waals surface area contributed by atoms with E-state index < -0.39 is 5.97 Å². The van der Waals surface area contributed by atoms with Gasteiger partial charge in [0.15, 0.2) is 0 Å². The molecule has 0 saturated carbocycles. The molecule has 0 spiro atoms. The summed E-state index contributed by atoms with van der Waals surface area (Å²) >= 11 is 1.20. The maximum absolute atomic E-state index is 11.0. The number of carboxylic acid groups (broad SMARTS) is 1. The van der Waals surface area contributed by atoms with Gasteiger partial charge >= 0.3 is 5.97 Å². The smallest absolute Gasteiger partial charge is 0.340 e. The number of likely N-dealkylation sites (N-methyl/N-ethyl adjacent to an activating group) is 1. The molecule has 0 aliphatic rings. The van der Waals surface area contributed by atoms with Crippen molar-refractivity contribution in [3.63, 3.8) is 0 Å². The fraction of sp³-hybridized carbons (Fsp3) is 0.600. The van der Waals surface area contributed by atoms with Gasteiger partial charge in [0, 0.05) is 12.6 Å². The highest BCUT2D eigenvalue weighted by atomic mass is 32.1. The number of aromatic nitrogens is 1. The van der Waals surface area contributed by atoms with Gasteiger partial charge in [-0.05, 0) is 39.5 Å². The van der Waals surface area contributed by atoms with Crippen molar-refractivity contribution in [1.29, 1.82) is 0 Å². The van der Waals surface area contributed by atoms with Crippen molar-refractivity contribution < 1.29 is 9.90 Å². The third kappa shape index (κ3) is 3.18. The molecule has 0 bridgehead atoms. The minimum atomic E-state index is -0.925. The fourth-order valence-corrected chi connectivity index (χ4v) is 2.44. The van der Waals surface area contributed by atoms with Gasteiger partial charge in [0.25, 0.3) is 0 Å². The average molecular weight is 243 g/mol. The van der Waals surface area contributed by atoms with Gasteiger partial charge in [-0.1, -0.05) is 0 Å². The lowest BCUT2D eigenvalue weighted by Gasteiger charge is -2.18. The van der Waals surface area contributed by atoms with Gasteiger partial charge in [-0.3, -0.25) is 0 Å². The monoisotopic (exact) mass is 243 g/mol. The van der Waals surface area contributed by atoms with Crippen molar-refractivity contribution >= 4 is 22.5 Å². The molecule has 1 aromatic heterocycles. The van der Waals surface area contributed by atoms with E-state index >= 15 is 0 Å². The molecule has 16 heavy (non-hydrogen) atoms. The topological polar surface area (TPSA) is 65.5 Å². The molecule has 0 aromatic carbocycles. The molecule has 6 heteroatoms. The number of aromatic carboxylic acids is 1. The molecule has 0 amide bonds. The molecular weight excluding hydrogens is 226 g/mol. The number of anilines is 1. The van der Waals surface area contributed by atoms with Crippen LogP contribution in [0.5, 0.6) is 0 Å². The normalized spacial score (nSPS) is 12.8. The third-order valence-corrected chi connectivity index (χ3v) is 2.96. The molecule has 0 saturated heterocycles. The molecule has 2 N–H and O–H groups in total. The second-order valence-electron chi connectivity index (χ2n) is 4.08. The molecule has 0 radical (unpaired) electrons. The Bertz CT molecular complexity index is 376. The van der Waals surface area contributed by atoms with Crippen LogP contribution in [0.1, 0.15) is 23.0 Å². The van der Waals surface area contributed by atoms with Crippen LogP contribution in [0.2, 0.25) is 0 Å². The van der Waals surface area contributed by atoms with E-state index in [4.69, 9.17) is 5.11 Å². The summed E-state index contributed by atoms with van der Waals surface area (Å²) in [7, 11) is 3.96. The van der Waals surface area contributed by atoms with E-state index in [9.17, 15) is 4.79 Å². The zero-order valence-corrected chi connectivity index (χ0v) is 10.8. The highest BCUT2D eigenvalue weighted by molar-refractivity contribution is 7.10. The van der Waals surface area contributed by atoms with E-state index in [0.29, 0.717) is 10.7 Å². The van der Waals surface area contributed by atoms with Gasteiger partial charge in [-0.15, -0.1) is 0 Å². The predicted molar refractivity (Wildman–Crippen MR) is 65.4 cm³/mol. The van der Waals surface area contributed by atoms with Crippen LogP contribution in [0.3, 0.4) is 0 Å². The molecule has 0 aliphatic carbocycles. The Morgan fingerprint density at radius 3 is 2.75 bits per heavy atom. The van der Waals surface area contributed by atoms with Crippen molar-refractivity contribution in [2.24, 2.45) is 0 Å². The van der Waals surface area contributed by atoms with E-state index in [1.165, 1.54) is 11.5 Å². The zero-order chi connectivity index (χ0) is 12.3. The fourth-order valence-electron chi connectivity index (χ4n) is 1.54. The number of aryl methyl sites for hydroxylation is 1. The SMILES string of the molecule is Cc1nsc(NC(C)CN(C)C)c1C(=O)O. The zero-order valence-electron chi connectivity index (χ0n) is 9.94. The molecule has 0 aliphatic heterocycles. The third-order valence-electron chi connectivity index (χ3n) is 2.09. The minimum Gasteiger partial charge on any atom is -0.478 e. The lowest BCUT2D eigenvalue weighted by molar-refractivity contribution is 0.0697. The second kappa shape index (κ2) is 5.27. The summed E-state index contributed by atoms with van der Waals surface area (Å²) in [6.45, 7) is 4.57. The van der Waals surface area contributed by atoms with Gasteiger partial charge in [0.05, 0.1) is 5.69 Å². The first-order valence-corrected chi connectivity index (χ1v) is 5.80. The van der Waals surface area contributed by atoms with Crippen LogP contribution < -0.4 is 5.32 Å². The summed E-state index contributed by atoms with van der Waals surface area (Å²) in [5.41, 5.74) is 0.854. The molecule has 1 unspecified atom stereocenters. The number of carbonyl (C=O) groups is 1. The Balaban J connectivity index is 2.77. The van der Waals surface area contributed by atoms with E-state index in [1.54, 1.807) is 6.92 Å². The van der Waals surface area contributed by atoms with E-state index in [-0.39, 0.29) is 11.6 Å². The molecule has 1 heterocycles. The van der Waals surface area contributed by atoms with Crippen molar-refractivity contribution in [2.75, 3.05) is 26.0 Å². The number of carboxylic acids is 1. The minimum absolute atomic E-state index is 0.188. The van der Waals surface area contributed by atoms with Crippen LogP contribution >= 0.6 is 11.5 Å². The average Bonchev–Trinajstić information content (AvgIpc) is 2.45. The Labute approximate surface area is 99.3 Å². The summed E-state index contributed by atoms with van der Waals surface area (Å²) in [6, 6.07) is 0.188. The van der Waals surface area contributed by atoms with Gasteiger partial charge in [0.2, 0.25) is 0 Å². The van der Waals surface area contributed by atoms with Crippen LogP contribution in [0.25, 0.3) is 0 Å². The standard InChI is InChI=1S/C10H17N3O2S/c1-6(5-13(3)4)11-9-8(10(14)15)7(2)12-16-9/h6,11H,5H2,1-4H3,(H,14,15). The van der Waals surface area contributed by atoms with Crippen LogP contribution in [0, 0.1) is 6.92 Å². The Kier molecular flexibility index (Phi) is 4.26. The van der Waals surface area contributed by atoms with Crippen LogP contribution in [0.15, 0.2) is 0 Å². The molecule has 1 aromatic rings. The summed E-state index contributed by atoms with van der Waals surface area (Å²) < 4.78 is 4.05. The second-order valence-corrected chi connectivity index (χ2v) is 4.86. The molecule has 90 valence electrons. The Morgan fingerprint density at radius 2 is 2.25 bits per heavy atom. The Hall–Kier alpha value is -1.14. The number of rotatable bonds is 5. The van der Waals surface area contributed by atoms with Crippen LogP contribution in [-0.2, 0) is 0 Å². The number of nitrogens with one attached hydrogen (secondary N) is 1. The maximum atomic E-state index is 11.0. The van der Waals surface area contributed by atoms with E-state index in [1.807, 2.05) is 25.9 Å². The molecule has 1 rings (SSSR count). The molecule has 1 atom stereocenters. The van der Waals surface area contributed by atoms with Gasteiger partial charge in [-0.25, -0.2) is 4.79 Å². The number of hydrogen-bond acceptors (Lipinski definition) is 5. The van der Waals surface area contributed by atoms with Gasteiger partial charge < -0.3 is 15.3 Å². The van der Waals surface area contributed by atoms with Crippen molar-refractivity contribution in [1.82, 2.24) is 9.27 Å². The molecule has 0 fully saturated rings. The first-order chi connectivity index (χ1) is 7.41. The highest BCUT2D eigenvalue weighted by Crippen LogP contribution is 2.25.